The van der Waals surface area contributed by atoms with Crippen LogP contribution in [0.3, 0.4) is 0 Å². The highest BCUT2D eigenvalue weighted by molar-refractivity contribution is 5.95. The molecule has 3 rings (SSSR count). The van der Waals surface area contributed by atoms with E-state index in [4.69, 9.17) is 19.5 Å². The lowest BCUT2D eigenvalue weighted by Crippen LogP contribution is -2.04. The van der Waals surface area contributed by atoms with Crippen LogP contribution >= 0.6 is 0 Å². The lowest BCUT2D eigenvalue weighted by Gasteiger charge is -2.11. The van der Waals surface area contributed by atoms with Crippen molar-refractivity contribution in [2.45, 2.75) is 13.5 Å². The lowest BCUT2D eigenvalue weighted by atomic mass is 10.2. The molecular formula is C19H17N3O4. The lowest BCUT2D eigenvalue weighted by molar-refractivity contribution is 0.0602. The Hall–Kier alpha value is -3.53. The minimum Gasteiger partial charge on any atom is -0.490 e. The largest absolute Gasteiger partial charge is 0.490 e. The van der Waals surface area contributed by atoms with E-state index < -0.39 is 5.97 Å². The van der Waals surface area contributed by atoms with Crippen molar-refractivity contribution in [3.8, 4) is 17.6 Å². The Labute approximate surface area is 150 Å². The molecular weight excluding hydrogens is 334 g/mol. The average Bonchev–Trinajstić information content (AvgIpc) is 3.09. The molecule has 0 spiro atoms. The summed E-state index contributed by atoms with van der Waals surface area (Å²) in [6.45, 7) is 2.51. The van der Waals surface area contributed by atoms with Gasteiger partial charge in [-0.05, 0) is 31.2 Å². The molecule has 0 amide bonds. The first kappa shape index (κ1) is 17.3. The summed E-state index contributed by atoms with van der Waals surface area (Å²) in [6, 6.07) is 10.5. The van der Waals surface area contributed by atoms with Gasteiger partial charge in [-0.25, -0.2) is 9.78 Å². The van der Waals surface area contributed by atoms with Crippen LogP contribution in [0.2, 0.25) is 0 Å². The maximum atomic E-state index is 11.8. The molecule has 0 aliphatic rings. The Morgan fingerprint density at radius 3 is 2.85 bits per heavy atom. The number of carbonyl (C=O) groups is 1. The summed E-state index contributed by atoms with van der Waals surface area (Å²) < 4.78 is 17.9. The van der Waals surface area contributed by atoms with Crippen molar-refractivity contribution < 1.29 is 19.0 Å². The molecule has 26 heavy (non-hydrogen) atoms. The maximum absolute atomic E-state index is 11.8. The number of hydrogen-bond donors (Lipinski definition) is 0. The molecule has 3 aromatic rings. The quantitative estimate of drug-likeness (QED) is 0.635. The van der Waals surface area contributed by atoms with E-state index in [9.17, 15) is 4.79 Å². The number of benzene rings is 1. The summed E-state index contributed by atoms with van der Waals surface area (Å²) in [6.07, 6.45) is 3.58. The van der Waals surface area contributed by atoms with Crippen molar-refractivity contribution >= 4 is 11.6 Å². The van der Waals surface area contributed by atoms with E-state index in [0.29, 0.717) is 40.6 Å². The molecule has 0 aliphatic heterocycles. The predicted octanol–water partition coefficient (Wildman–Crippen LogP) is 2.97. The van der Waals surface area contributed by atoms with E-state index in [1.54, 1.807) is 47.1 Å². The van der Waals surface area contributed by atoms with E-state index in [-0.39, 0.29) is 6.61 Å². The number of methoxy groups -OCH3 is 1. The molecule has 7 nitrogen and oxygen atoms in total. The molecule has 0 fully saturated rings. The van der Waals surface area contributed by atoms with Gasteiger partial charge in [0.25, 0.3) is 0 Å². The fourth-order valence-electron chi connectivity index (χ4n) is 2.52. The van der Waals surface area contributed by atoms with Crippen molar-refractivity contribution in [2.24, 2.45) is 0 Å². The van der Waals surface area contributed by atoms with Gasteiger partial charge in [-0.2, -0.15) is 5.26 Å². The van der Waals surface area contributed by atoms with E-state index in [0.717, 1.165) is 0 Å². The van der Waals surface area contributed by atoms with Crippen molar-refractivity contribution in [1.82, 2.24) is 9.38 Å². The number of fused-ring (bicyclic) bond motifs is 1. The first-order valence-corrected chi connectivity index (χ1v) is 8.01. The Balaban J connectivity index is 1.84. The van der Waals surface area contributed by atoms with E-state index in [1.807, 2.05) is 6.92 Å². The van der Waals surface area contributed by atoms with Crippen molar-refractivity contribution in [2.75, 3.05) is 13.7 Å². The first-order valence-electron chi connectivity index (χ1n) is 8.01. The number of nitrogens with zero attached hydrogens (tertiary/aromatic N) is 3. The van der Waals surface area contributed by atoms with Crippen LogP contribution in [0.5, 0.6) is 11.5 Å². The molecule has 7 heteroatoms. The van der Waals surface area contributed by atoms with Gasteiger partial charge >= 0.3 is 5.97 Å². The van der Waals surface area contributed by atoms with Crippen LogP contribution in [0.15, 0.2) is 42.7 Å². The molecule has 0 unspecified atom stereocenters. The number of ether oxygens (including phenoxy) is 3. The van der Waals surface area contributed by atoms with Crippen LogP contribution in [0.4, 0.5) is 0 Å². The first-order chi connectivity index (χ1) is 12.7. The highest BCUT2D eigenvalue weighted by Gasteiger charge is 2.14. The van der Waals surface area contributed by atoms with E-state index in [1.165, 1.54) is 7.11 Å². The van der Waals surface area contributed by atoms with Crippen molar-refractivity contribution in [3.63, 3.8) is 0 Å². The second-order valence-corrected chi connectivity index (χ2v) is 5.37. The second-order valence-electron chi connectivity index (χ2n) is 5.37. The Morgan fingerprint density at radius 1 is 1.27 bits per heavy atom. The third-order valence-electron chi connectivity index (χ3n) is 3.69. The van der Waals surface area contributed by atoms with Crippen molar-refractivity contribution in [3.05, 3.63) is 59.5 Å². The standard InChI is InChI=1S/C19H17N3O4/c1-3-25-17-9-13(10-20)6-7-16(17)26-12-14-11-22-8-4-5-15(18(22)21-14)19(23)24-2/h4-9,11H,3,12H2,1-2H3. The van der Waals surface area contributed by atoms with Gasteiger partial charge in [0, 0.05) is 18.5 Å². The summed E-state index contributed by atoms with van der Waals surface area (Å²) in [7, 11) is 1.33. The van der Waals surface area contributed by atoms with Gasteiger partial charge in [0.2, 0.25) is 0 Å². The minimum atomic E-state index is -0.445. The number of nitriles is 1. The number of imidazole rings is 1. The number of hydrogen-bond acceptors (Lipinski definition) is 6. The zero-order valence-electron chi connectivity index (χ0n) is 14.4. The SMILES string of the molecule is CCOc1cc(C#N)ccc1OCc1cn2cccc(C(=O)OC)c2n1. The monoisotopic (exact) mass is 351 g/mol. The Morgan fingerprint density at radius 2 is 2.12 bits per heavy atom. The summed E-state index contributed by atoms with van der Waals surface area (Å²) in [4.78, 5) is 16.3. The third kappa shape index (κ3) is 3.44. The number of rotatable bonds is 6. The van der Waals surface area contributed by atoms with Gasteiger partial charge in [-0.1, -0.05) is 0 Å². The normalized spacial score (nSPS) is 10.3. The average molecular weight is 351 g/mol. The minimum absolute atomic E-state index is 0.189. The van der Waals surface area contributed by atoms with Gasteiger partial charge in [0.1, 0.15) is 12.2 Å². The Kier molecular flexibility index (Phi) is 5.04. The third-order valence-corrected chi connectivity index (χ3v) is 3.69. The number of pyridine rings is 1. The summed E-state index contributed by atoms with van der Waals surface area (Å²) in [5, 5.41) is 9.00. The fraction of sp³-hybridized carbons (Fsp3) is 0.211. The molecule has 0 atom stereocenters. The highest BCUT2D eigenvalue weighted by atomic mass is 16.5. The molecule has 1 aromatic carbocycles. The highest BCUT2D eigenvalue weighted by Crippen LogP contribution is 2.29. The fourth-order valence-corrected chi connectivity index (χ4v) is 2.52. The zero-order valence-corrected chi connectivity index (χ0v) is 14.4. The van der Waals surface area contributed by atoms with Gasteiger partial charge in [-0.15, -0.1) is 0 Å². The summed E-state index contributed by atoms with van der Waals surface area (Å²) in [5.74, 6) is 0.584. The van der Waals surface area contributed by atoms with Crippen LogP contribution in [-0.4, -0.2) is 29.1 Å². The number of carbonyl (C=O) groups excluding carboxylic acids is 1. The van der Waals surface area contributed by atoms with Crippen LogP contribution in [0.25, 0.3) is 5.65 Å². The number of aromatic nitrogens is 2. The molecule has 2 aromatic heterocycles. The number of esters is 1. The van der Waals surface area contributed by atoms with Gasteiger partial charge in [-0.3, -0.25) is 0 Å². The van der Waals surface area contributed by atoms with Gasteiger partial charge in [0.15, 0.2) is 17.1 Å². The van der Waals surface area contributed by atoms with E-state index >= 15 is 0 Å². The maximum Gasteiger partial charge on any atom is 0.341 e. The van der Waals surface area contributed by atoms with Crippen LogP contribution in [0, 0.1) is 11.3 Å². The topological polar surface area (TPSA) is 85.8 Å². The molecule has 132 valence electrons. The summed E-state index contributed by atoms with van der Waals surface area (Å²) >= 11 is 0. The van der Waals surface area contributed by atoms with Crippen LogP contribution < -0.4 is 9.47 Å². The molecule has 0 saturated heterocycles. The second kappa shape index (κ2) is 7.57. The van der Waals surface area contributed by atoms with Crippen LogP contribution in [0.1, 0.15) is 28.5 Å². The van der Waals surface area contributed by atoms with Gasteiger partial charge < -0.3 is 18.6 Å². The molecule has 2 heterocycles. The molecule has 0 bridgehead atoms. The molecule has 0 saturated carbocycles. The summed E-state index contributed by atoms with van der Waals surface area (Å²) in [5.41, 5.74) is 2.03. The van der Waals surface area contributed by atoms with Crippen LogP contribution in [-0.2, 0) is 11.3 Å². The predicted molar refractivity (Wildman–Crippen MR) is 93.2 cm³/mol. The Bertz CT molecular complexity index is 988. The zero-order chi connectivity index (χ0) is 18.5. The molecule has 0 aliphatic carbocycles. The molecule has 0 radical (unpaired) electrons. The smallest absolute Gasteiger partial charge is 0.341 e. The van der Waals surface area contributed by atoms with Gasteiger partial charge in [0.05, 0.1) is 31.0 Å². The molecule has 0 N–H and O–H groups in total. The van der Waals surface area contributed by atoms with Crippen molar-refractivity contribution in [1.29, 1.82) is 5.26 Å². The van der Waals surface area contributed by atoms with E-state index in [2.05, 4.69) is 11.1 Å².